The summed E-state index contributed by atoms with van der Waals surface area (Å²) in [5.74, 6) is -0.760. The van der Waals surface area contributed by atoms with Crippen LogP contribution in [-0.2, 0) is 11.3 Å². The smallest absolute Gasteiger partial charge is 0.261 e. The number of carbonyl (C=O) groups is 3. The summed E-state index contributed by atoms with van der Waals surface area (Å²) in [6.45, 7) is 5.37. The van der Waals surface area contributed by atoms with Crippen molar-refractivity contribution in [3.63, 3.8) is 0 Å². The van der Waals surface area contributed by atoms with E-state index in [9.17, 15) is 14.4 Å². The van der Waals surface area contributed by atoms with E-state index in [1.54, 1.807) is 48.5 Å². The molecule has 1 atom stereocenters. The van der Waals surface area contributed by atoms with E-state index in [0.29, 0.717) is 16.7 Å². The molecule has 0 saturated carbocycles. The highest BCUT2D eigenvalue weighted by atomic mass is 16.5. The summed E-state index contributed by atoms with van der Waals surface area (Å²) in [4.78, 5) is 41.5. The Labute approximate surface area is 204 Å². The molecule has 0 bridgehead atoms. The topological polar surface area (TPSA) is 79.0 Å². The molecule has 1 N–H and O–H groups in total. The number of anilines is 1. The number of nitrogens with one attached hydrogen (secondary N) is 1. The van der Waals surface area contributed by atoms with E-state index >= 15 is 0 Å². The number of morpholine rings is 1. The number of ether oxygens (including phenoxy) is 1. The first kappa shape index (κ1) is 22.8. The Morgan fingerprint density at radius 1 is 0.886 bits per heavy atom. The number of hydrogen-bond acceptors (Lipinski definition) is 5. The van der Waals surface area contributed by atoms with Crippen LogP contribution in [0.4, 0.5) is 5.69 Å². The fourth-order valence-corrected chi connectivity index (χ4v) is 4.49. The lowest BCUT2D eigenvalue weighted by atomic mass is 10.1. The number of hydrogen-bond donors (Lipinski definition) is 1. The third-order valence-corrected chi connectivity index (χ3v) is 6.55. The maximum Gasteiger partial charge on any atom is 0.261 e. The average Bonchev–Trinajstić information content (AvgIpc) is 3.14. The van der Waals surface area contributed by atoms with Gasteiger partial charge in [0.05, 0.1) is 36.9 Å². The molecule has 3 aromatic carbocycles. The number of benzene rings is 3. The van der Waals surface area contributed by atoms with E-state index in [1.807, 2.05) is 19.1 Å². The lowest BCUT2D eigenvalue weighted by Crippen LogP contribution is -2.36. The number of imide groups is 1. The van der Waals surface area contributed by atoms with E-state index in [0.717, 1.165) is 43.1 Å². The average molecular weight is 470 g/mol. The minimum atomic E-state index is -0.291. The molecule has 0 radical (unpaired) electrons. The molecule has 2 aliphatic rings. The number of amides is 3. The van der Waals surface area contributed by atoms with Crippen LogP contribution < -0.4 is 10.2 Å². The van der Waals surface area contributed by atoms with Gasteiger partial charge in [0.15, 0.2) is 0 Å². The molecule has 5 rings (SSSR count). The van der Waals surface area contributed by atoms with Gasteiger partial charge in [0, 0.05) is 24.3 Å². The molecule has 0 aliphatic carbocycles. The van der Waals surface area contributed by atoms with Gasteiger partial charge < -0.3 is 15.0 Å². The maximum atomic E-state index is 12.8. The van der Waals surface area contributed by atoms with Crippen molar-refractivity contribution in [1.82, 2.24) is 10.2 Å². The highest BCUT2D eigenvalue weighted by molar-refractivity contribution is 6.21. The van der Waals surface area contributed by atoms with Crippen molar-refractivity contribution in [3.8, 4) is 0 Å². The van der Waals surface area contributed by atoms with Crippen LogP contribution in [0.15, 0.2) is 72.8 Å². The van der Waals surface area contributed by atoms with Gasteiger partial charge in [-0.05, 0) is 54.4 Å². The van der Waals surface area contributed by atoms with Gasteiger partial charge in [0.1, 0.15) is 0 Å². The second kappa shape index (κ2) is 9.72. The van der Waals surface area contributed by atoms with Crippen molar-refractivity contribution in [2.24, 2.45) is 0 Å². The summed E-state index contributed by atoms with van der Waals surface area (Å²) in [5, 5.41) is 3.04. The molecule has 1 saturated heterocycles. The number of rotatable bonds is 6. The monoisotopic (exact) mass is 469 g/mol. The Hall–Kier alpha value is -3.97. The Morgan fingerprint density at radius 2 is 1.49 bits per heavy atom. The van der Waals surface area contributed by atoms with Crippen LogP contribution in [0.2, 0.25) is 0 Å². The Kier molecular flexibility index (Phi) is 6.33. The standard InChI is InChI=1S/C28H27N3O4/c1-19(21-10-12-23(13-11-21)30-14-16-35-17-15-30)29-26(32)22-8-6-20(7-9-22)18-31-27(33)24-4-2-3-5-25(24)28(31)34/h2-13,19H,14-18H2,1H3,(H,29,32). The van der Waals surface area contributed by atoms with Crippen LogP contribution >= 0.6 is 0 Å². The van der Waals surface area contributed by atoms with Crippen LogP contribution in [-0.4, -0.2) is 48.9 Å². The van der Waals surface area contributed by atoms with Crippen LogP contribution in [0.5, 0.6) is 0 Å². The van der Waals surface area contributed by atoms with Crippen molar-refractivity contribution in [1.29, 1.82) is 0 Å². The number of nitrogens with zero attached hydrogens (tertiary/aromatic N) is 2. The first-order valence-electron chi connectivity index (χ1n) is 11.8. The van der Waals surface area contributed by atoms with E-state index < -0.39 is 0 Å². The van der Waals surface area contributed by atoms with E-state index in [4.69, 9.17) is 4.74 Å². The van der Waals surface area contributed by atoms with Gasteiger partial charge in [-0.3, -0.25) is 19.3 Å². The summed E-state index contributed by atoms with van der Waals surface area (Å²) >= 11 is 0. The first-order valence-corrected chi connectivity index (χ1v) is 11.8. The molecule has 35 heavy (non-hydrogen) atoms. The largest absolute Gasteiger partial charge is 0.378 e. The SMILES string of the molecule is CC(NC(=O)c1ccc(CN2C(=O)c3ccccc3C2=O)cc1)c1ccc(N2CCOCC2)cc1. The third kappa shape index (κ3) is 4.68. The second-order valence-corrected chi connectivity index (χ2v) is 8.83. The summed E-state index contributed by atoms with van der Waals surface area (Å²) in [6, 6.07) is 21.9. The van der Waals surface area contributed by atoms with Crippen molar-refractivity contribution in [2.45, 2.75) is 19.5 Å². The highest BCUT2D eigenvalue weighted by Gasteiger charge is 2.34. The zero-order valence-corrected chi connectivity index (χ0v) is 19.6. The Morgan fingerprint density at radius 3 is 2.09 bits per heavy atom. The van der Waals surface area contributed by atoms with Gasteiger partial charge in [0.2, 0.25) is 0 Å². The van der Waals surface area contributed by atoms with Crippen molar-refractivity contribution < 1.29 is 19.1 Å². The molecule has 3 amide bonds. The summed E-state index contributed by atoms with van der Waals surface area (Å²) in [6.07, 6.45) is 0. The zero-order valence-electron chi connectivity index (χ0n) is 19.6. The molecule has 3 aromatic rings. The summed E-state index contributed by atoms with van der Waals surface area (Å²) in [7, 11) is 0. The van der Waals surface area contributed by atoms with Gasteiger partial charge in [-0.15, -0.1) is 0 Å². The molecule has 7 nitrogen and oxygen atoms in total. The van der Waals surface area contributed by atoms with E-state index in [-0.39, 0.29) is 30.3 Å². The molecule has 2 aliphatic heterocycles. The zero-order chi connectivity index (χ0) is 24.4. The molecular weight excluding hydrogens is 442 g/mol. The van der Waals surface area contributed by atoms with Gasteiger partial charge in [-0.1, -0.05) is 36.4 Å². The molecule has 2 heterocycles. The van der Waals surface area contributed by atoms with E-state index in [2.05, 4.69) is 22.3 Å². The lowest BCUT2D eigenvalue weighted by Gasteiger charge is -2.29. The molecule has 0 spiro atoms. The lowest BCUT2D eigenvalue weighted by molar-refractivity contribution is 0.0641. The summed E-state index contributed by atoms with van der Waals surface area (Å²) in [5.41, 5.74) is 4.35. The third-order valence-electron chi connectivity index (χ3n) is 6.55. The van der Waals surface area contributed by atoms with Crippen molar-refractivity contribution >= 4 is 23.4 Å². The van der Waals surface area contributed by atoms with Crippen molar-refractivity contribution in [3.05, 3.63) is 101 Å². The highest BCUT2D eigenvalue weighted by Crippen LogP contribution is 2.25. The van der Waals surface area contributed by atoms with E-state index in [1.165, 1.54) is 4.90 Å². The van der Waals surface area contributed by atoms with Crippen LogP contribution in [0.1, 0.15) is 55.2 Å². The van der Waals surface area contributed by atoms with Gasteiger partial charge in [-0.25, -0.2) is 0 Å². The van der Waals surface area contributed by atoms with Gasteiger partial charge in [0.25, 0.3) is 17.7 Å². The molecule has 1 unspecified atom stereocenters. The van der Waals surface area contributed by atoms with Crippen LogP contribution in [0.3, 0.4) is 0 Å². The van der Waals surface area contributed by atoms with Gasteiger partial charge in [-0.2, -0.15) is 0 Å². The fraction of sp³-hybridized carbons (Fsp3) is 0.250. The predicted octanol–water partition coefficient (Wildman–Crippen LogP) is 3.81. The summed E-state index contributed by atoms with van der Waals surface area (Å²) < 4.78 is 5.41. The second-order valence-electron chi connectivity index (χ2n) is 8.83. The number of carbonyl (C=O) groups excluding carboxylic acids is 3. The fourth-order valence-electron chi connectivity index (χ4n) is 4.49. The quantitative estimate of drug-likeness (QED) is 0.556. The molecular formula is C28H27N3O4. The van der Waals surface area contributed by atoms with Crippen LogP contribution in [0.25, 0.3) is 0 Å². The normalized spacial score (nSPS) is 16.3. The van der Waals surface area contributed by atoms with Gasteiger partial charge >= 0.3 is 0 Å². The number of fused-ring (bicyclic) bond motifs is 1. The molecule has 1 fully saturated rings. The van der Waals surface area contributed by atoms with Crippen molar-refractivity contribution in [2.75, 3.05) is 31.2 Å². The molecule has 7 heteroatoms. The maximum absolute atomic E-state index is 12.8. The molecule has 0 aromatic heterocycles. The Bertz CT molecular complexity index is 1210. The first-order chi connectivity index (χ1) is 17.0. The molecule has 178 valence electrons. The minimum absolute atomic E-state index is 0.153. The predicted molar refractivity (Wildman–Crippen MR) is 132 cm³/mol. The minimum Gasteiger partial charge on any atom is -0.378 e. The Balaban J connectivity index is 1.19. The van der Waals surface area contributed by atoms with Crippen LogP contribution in [0, 0.1) is 0 Å².